The van der Waals surface area contributed by atoms with Gasteiger partial charge in [0, 0.05) is 39.1 Å². The number of anilines is 1. The Labute approximate surface area is 171 Å². The van der Waals surface area contributed by atoms with Gasteiger partial charge in [-0.15, -0.1) is 0 Å². The highest BCUT2D eigenvalue weighted by Gasteiger charge is 2.58. The molecule has 6 heteroatoms. The molecule has 3 heterocycles. The third kappa shape index (κ3) is 2.12. The van der Waals surface area contributed by atoms with Crippen molar-refractivity contribution < 1.29 is 9.59 Å². The number of aromatic nitrogens is 1. The quantitative estimate of drug-likeness (QED) is 0.599. The van der Waals surface area contributed by atoms with Crippen LogP contribution in [0.1, 0.15) is 30.7 Å². The van der Waals surface area contributed by atoms with Crippen molar-refractivity contribution >= 4 is 44.3 Å². The van der Waals surface area contributed by atoms with Crippen molar-refractivity contribution in [2.45, 2.75) is 25.8 Å². The Morgan fingerprint density at radius 2 is 2.00 bits per heavy atom. The molecular weight excluding hydrogens is 418 g/mol. The summed E-state index contributed by atoms with van der Waals surface area (Å²) in [6, 6.07) is 13.8. The van der Waals surface area contributed by atoms with Crippen LogP contribution in [-0.2, 0) is 21.5 Å². The van der Waals surface area contributed by atoms with Gasteiger partial charge < -0.3 is 15.2 Å². The Kier molecular flexibility index (Phi) is 3.72. The van der Waals surface area contributed by atoms with Crippen LogP contribution in [0.25, 0.3) is 10.9 Å². The molecule has 1 atom stereocenters. The summed E-state index contributed by atoms with van der Waals surface area (Å²) in [5.74, 6) is -0.402. The van der Waals surface area contributed by atoms with Crippen molar-refractivity contribution in [1.82, 2.24) is 9.88 Å². The predicted octanol–water partition coefficient (Wildman–Crippen LogP) is 4.17. The van der Waals surface area contributed by atoms with E-state index in [4.69, 9.17) is 0 Å². The Hall–Kier alpha value is -2.60. The van der Waals surface area contributed by atoms with Gasteiger partial charge in [0.1, 0.15) is 0 Å². The van der Waals surface area contributed by atoms with Crippen LogP contribution < -0.4 is 5.32 Å². The Bertz CT molecular complexity index is 1150. The summed E-state index contributed by atoms with van der Waals surface area (Å²) in [5.41, 5.74) is 3.30. The summed E-state index contributed by atoms with van der Waals surface area (Å²) >= 11 is 3.54. The van der Waals surface area contributed by atoms with E-state index in [1.54, 1.807) is 4.90 Å². The Balaban J connectivity index is 1.88. The molecule has 0 aliphatic carbocycles. The molecule has 2 amide bonds. The number of nitrogens with zero attached hydrogens (tertiary/aromatic N) is 1. The van der Waals surface area contributed by atoms with E-state index in [1.165, 1.54) is 0 Å². The average Bonchev–Trinajstić information content (AvgIpc) is 3.19. The van der Waals surface area contributed by atoms with Gasteiger partial charge in [-0.3, -0.25) is 9.59 Å². The molecule has 0 saturated carbocycles. The summed E-state index contributed by atoms with van der Waals surface area (Å²) in [7, 11) is 0. The van der Waals surface area contributed by atoms with Crippen LogP contribution in [0, 0.1) is 5.92 Å². The van der Waals surface area contributed by atoms with E-state index in [0.717, 1.165) is 44.3 Å². The summed E-state index contributed by atoms with van der Waals surface area (Å²) in [6.45, 7) is 4.27. The lowest BCUT2D eigenvalue weighted by molar-refractivity contribution is -0.146. The molecule has 1 unspecified atom stereocenters. The smallest absolute Gasteiger partial charge is 0.261 e. The first-order valence-electron chi connectivity index (χ1n) is 9.47. The molecule has 0 saturated heterocycles. The molecule has 0 bridgehead atoms. The maximum Gasteiger partial charge on any atom is 0.261 e. The molecule has 2 aliphatic heterocycles. The van der Waals surface area contributed by atoms with Crippen LogP contribution in [0.3, 0.4) is 0 Å². The number of halogens is 1. The third-order valence-electron chi connectivity index (χ3n) is 5.87. The predicted molar refractivity (Wildman–Crippen MR) is 112 cm³/mol. The summed E-state index contributed by atoms with van der Waals surface area (Å²) in [5, 5.41) is 4.14. The van der Waals surface area contributed by atoms with E-state index in [1.807, 2.05) is 50.2 Å². The van der Waals surface area contributed by atoms with E-state index < -0.39 is 5.54 Å². The first-order chi connectivity index (χ1) is 13.4. The van der Waals surface area contributed by atoms with Gasteiger partial charge in [0.2, 0.25) is 5.91 Å². The van der Waals surface area contributed by atoms with E-state index in [9.17, 15) is 9.59 Å². The first-order valence-corrected chi connectivity index (χ1v) is 10.3. The topological polar surface area (TPSA) is 65.2 Å². The number of amides is 2. The first kappa shape index (κ1) is 17.5. The van der Waals surface area contributed by atoms with Crippen LogP contribution in [0.15, 0.2) is 46.9 Å². The van der Waals surface area contributed by atoms with Gasteiger partial charge in [-0.1, -0.05) is 48.0 Å². The third-order valence-corrected chi connectivity index (χ3v) is 6.37. The maximum atomic E-state index is 13.6. The Morgan fingerprint density at radius 1 is 1.21 bits per heavy atom. The molecule has 2 aromatic carbocycles. The van der Waals surface area contributed by atoms with Crippen LogP contribution >= 0.6 is 15.9 Å². The van der Waals surface area contributed by atoms with Gasteiger partial charge in [-0.2, -0.15) is 0 Å². The highest BCUT2D eigenvalue weighted by Crippen LogP contribution is 2.50. The number of carbonyl (C=O) groups excluding carboxylic acids is 2. The number of aromatic amines is 1. The number of hydrogen-bond donors (Lipinski definition) is 2. The van der Waals surface area contributed by atoms with Gasteiger partial charge in [-0.05, 0) is 36.2 Å². The van der Waals surface area contributed by atoms with E-state index in [0.29, 0.717) is 6.54 Å². The zero-order chi connectivity index (χ0) is 19.6. The second kappa shape index (κ2) is 5.95. The number of rotatable bonds is 1. The molecule has 5 nitrogen and oxygen atoms in total. The van der Waals surface area contributed by atoms with E-state index in [-0.39, 0.29) is 17.7 Å². The fourth-order valence-corrected chi connectivity index (χ4v) is 5.02. The number of nitrogens with one attached hydrogen (secondary N) is 2. The minimum absolute atomic E-state index is 0.0210. The van der Waals surface area contributed by atoms with Crippen LogP contribution in [-0.4, -0.2) is 28.2 Å². The summed E-state index contributed by atoms with van der Waals surface area (Å²) in [4.78, 5) is 32.1. The molecule has 2 aliphatic rings. The fourth-order valence-electron chi connectivity index (χ4n) is 4.66. The number of fused-ring (bicyclic) bond motifs is 6. The van der Waals surface area contributed by atoms with Gasteiger partial charge in [0.15, 0.2) is 5.54 Å². The molecule has 0 radical (unpaired) electrons. The Morgan fingerprint density at radius 3 is 2.79 bits per heavy atom. The van der Waals surface area contributed by atoms with Gasteiger partial charge in [0.05, 0.1) is 5.69 Å². The molecule has 1 spiro atoms. The van der Waals surface area contributed by atoms with Crippen LogP contribution in [0.5, 0.6) is 0 Å². The van der Waals surface area contributed by atoms with Crippen molar-refractivity contribution in [1.29, 1.82) is 0 Å². The number of hydrogen-bond acceptors (Lipinski definition) is 2. The van der Waals surface area contributed by atoms with E-state index in [2.05, 4.69) is 32.3 Å². The molecule has 2 N–H and O–H groups in total. The zero-order valence-electron chi connectivity index (χ0n) is 15.7. The van der Waals surface area contributed by atoms with Crippen molar-refractivity contribution in [3.05, 3.63) is 63.8 Å². The normalized spacial score (nSPS) is 20.6. The summed E-state index contributed by atoms with van der Waals surface area (Å²) in [6.07, 6.45) is 0.718. The SMILES string of the molecule is CC(C)C(=O)N1CCc2c([nH]c3ccccc23)C12C(=O)Nc1ccc(Br)cc12. The van der Waals surface area contributed by atoms with Gasteiger partial charge in [0.25, 0.3) is 5.91 Å². The second-order valence-electron chi connectivity index (χ2n) is 7.77. The van der Waals surface area contributed by atoms with Gasteiger partial charge in [-0.25, -0.2) is 0 Å². The van der Waals surface area contributed by atoms with Crippen molar-refractivity contribution in [3.63, 3.8) is 0 Å². The lowest BCUT2D eigenvalue weighted by Crippen LogP contribution is -2.58. The van der Waals surface area contributed by atoms with Crippen molar-refractivity contribution in [2.75, 3.05) is 11.9 Å². The molecule has 1 aromatic heterocycles. The molecule has 3 aromatic rings. The minimum Gasteiger partial charge on any atom is -0.355 e. The zero-order valence-corrected chi connectivity index (χ0v) is 17.3. The second-order valence-corrected chi connectivity index (χ2v) is 8.69. The molecule has 0 fully saturated rings. The lowest BCUT2D eigenvalue weighted by Gasteiger charge is -2.44. The fraction of sp³-hybridized carbons (Fsp3) is 0.273. The highest BCUT2D eigenvalue weighted by atomic mass is 79.9. The molecular formula is C22H20BrN3O2. The number of para-hydroxylation sites is 1. The highest BCUT2D eigenvalue weighted by molar-refractivity contribution is 9.10. The maximum absolute atomic E-state index is 13.6. The largest absolute Gasteiger partial charge is 0.355 e. The minimum atomic E-state index is -1.17. The van der Waals surface area contributed by atoms with Crippen LogP contribution in [0.4, 0.5) is 5.69 Å². The van der Waals surface area contributed by atoms with E-state index >= 15 is 0 Å². The monoisotopic (exact) mass is 437 g/mol. The van der Waals surface area contributed by atoms with Crippen molar-refractivity contribution in [2.24, 2.45) is 5.92 Å². The summed E-state index contributed by atoms with van der Waals surface area (Å²) < 4.78 is 0.877. The lowest BCUT2D eigenvalue weighted by atomic mass is 9.79. The molecule has 28 heavy (non-hydrogen) atoms. The number of benzene rings is 2. The van der Waals surface area contributed by atoms with Crippen molar-refractivity contribution in [3.8, 4) is 0 Å². The number of H-pyrrole nitrogens is 1. The number of carbonyl (C=O) groups is 2. The average molecular weight is 438 g/mol. The van der Waals surface area contributed by atoms with Gasteiger partial charge >= 0.3 is 0 Å². The van der Waals surface area contributed by atoms with Crippen LogP contribution in [0.2, 0.25) is 0 Å². The molecule has 142 valence electrons. The standard InChI is InChI=1S/C22H20BrN3O2/c1-12(2)20(27)26-10-9-15-14-5-3-4-6-17(14)24-19(15)22(26)16-11-13(23)7-8-18(16)25-21(22)28/h3-8,11-12,24H,9-10H2,1-2H3,(H,25,28). The molecule has 5 rings (SSSR count).